The summed E-state index contributed by atoms with van der Waals surface area (Å²) < 4.78 is 11.3. The van der Waals surface area contributed by atoms with Crippen LogP contribution in [0.15, 0.2) is 42.4 Å². The number of nitrogens with zero attached hydrogens (tertiary/aromatic N) is 2. The van der Waals surface area contributed by atoms with Crippen LogP contribution in [0.4, 0.5) is 0 Å². The van der Waals surface area contributed by atoms with Gasteiger partial charge in [0.2, 0.25) is 0 Å². The van der Waals surface area contributed by atoms with Gasteiger partial charge in [0.05, 0.1) is 19.4 Å². The first-order valence-corrected chi connectivity index (χ1v) is 8.72. The molecule has 2 aromatic heterocycles. The molecule has 1 saturated heterocycles. The lowest BCUT2D eigenvalue weighted by molar-refractivity contribution is 0.0322. The SMILES string of the molecule is C/C=C\C(=C/N)Cc1c[nH]c2ncc(OCCN3CCOCC3)cc12. The maximum absolute atomic E-state index is 5.91. The van der Waals surface area contributed by atoms with Crippen LogP contribution in [0, 0.1) is 0 Å². The van der Waals surface area contributed by atoms with Gasteiger partial charge in [-0.05, 0) is 30.3 Å². The third kappa shape index (κ3) is 4.61. The van der Waals surface area contributed by atoms with E-state index in [0.29, 0.717) is 6.61 Å². The van der Waals surface area contributed by atoms with Crippen LogP contribution >= 0.6 is 0 Å². The fourth-order valence-electron chi connectivity index (χ4n) is 2.99. The van der Waals surface area contributed by atoms with Crippen molar-refractivity contribution in [1.29, 1.82) is 0 Å². The van der Waals surface area contributed by atoms with E-state index >= 15 is 0 Å². The van der Waals surface area contributed by atoms with Gasteiger partial charge in [0.25, 0.3) is 0 Å². The first-order chi connectivity index (χ1) is 12.3. The minimum atomic E-state index is 0.652. The molecule has 3 heterocycles. The van der Waals surface area contributed by atoms with Crippen molar-refractivity contribution in [3.05, 3.63) is 47.9 Å². The van der Waals surface area contributed by atoms with Crippen molar-refractivity contribution >= 4 is 11.0 Å². The maximum atomic E-state index is 5.91. The summed E-state index contributed by atoms with van der Waals surface area (Å²) in [7, 11) is 0. The molecule has 25 heavy (non-hydrogen) atoms. The van der Waals surface area contributed by atoms with Crippen molar-refractivity contribution in [3.63, 3.8) is 0 Å². The van der Waals surface area contributed by atoms with Gasteiger partial charge < -0.3 is 20.2 Å². The van der Waals surface area contributed by atoms with Crippen molar-refractivity contribution in [2.45, 2.75) is 13.3 Å². The average molecular weight is 342 g/mol. The van der Waals surface area contributed by atoms with Crippen molar-refractivity contribution in [3.8, 4) is 5.75 Å². The highest BCUT2D eigenvalue weighted by atomic mass is 16.5. The van der Waals surface area contributed by atoms with Gasteiger partial charge in [0.1, 0.15) is 18.0 Å². The predicted molar refractivity (Wildman–Crippen MR) is 99.6 cm³/mol. The molecule has 3 N–H and O–H groups in total. The second-order valence-electron chi connectivity index (χ2n) is 6.10. The largest absolute Gasteiger partial charge is 0.491 e. The second-order valence-corrected chi connectivity index (χ2v) is 6.10. The van der Waals surface area contributed by atoms with Crippen LogP contribution in [-0.2, 0) is 11.2 Å². The summed E-state index contributed by atoms with van der Waals surface area (Å²) in [6.07, 6.45) is 10.2. The number of aromatic nitrogens is 2. The van der Waals surface area contributed by atoms with E-state index in [-0.39, 0.29) is 0 Å². The zero-order chi connectivity index (χ0) is 17.5. The number of hydrogen-bond acceptors (Lipinski definition) is 5. The summed E-state index contributed by atoms with van der Waals surface area (Å²) in [4.78, 5) is 10.0. The zero-order valence-electron chi connectivity index (χ0n) is 14.7. The highest BCUT2D eigenvalue weighted by Gasteiger charge is 2.11. The normalized spacial score (nSPS) is 16.8. The molecule has 134 valence electrons. The minimum Gasteiger partial charge on any atom is -0.491 e. The maximum Gasteiger partial charge on any atom is 0.138 e. The summed E-state index contributed by atoms with van der Waals surface area (Å²) in [6, 6.07) is 2.05. The van der Waals surface area contributed by atoms with Gasteiger partial charge >= 0.3 is 0 Å². The van der Waals surface area contributed by atoms with E-state index < -0.39 is 0 Å². The van der Waals surface area contributed by atoms with Crippen molar-refractivity contribution in [2.75, 3.05) is 39.5 Å². The Kier molecular flexibility index (Phi) is 6.09. The molecule has 6 heteroatoms. The van der Waals surface area contributed by atoms with Gasteiger partial charge in [-0.3, -0.25) is 4.90 Å². The van der Waals surface area contributed by atoms with E-state index in [0.717, 1.165) is 67.2 Å². The number of H-pyrrole nitrogens is 1. The molecular formula is C19H26N4O2. The molecule has 0 spiro atoms. The van der Waals surface area contributed by atoms with Crippen LogP contribution in [0.25, 0.3) is 11.0 Å². The lowest BCUT2D eigenvalue weighted by atomic mass is 10.1. The van der Waals surface area contributed by atoms with Crippen LogP contribution in [-0.4, -0.2) is 54.3 Å². The molecule has 6 nitrogen and oxygen atoms in total. The summed E-state index contributed by atoms with van der Waals surface area (Å²) in [5.41, 5.74) is 8.81. The smallest absolute Gasteiger partial charge is 0.138 e. The van der Waals surface area contributed by atoms with E-state index in [1.807, 2.05) is 25.3 Å². The van der Waals surface area contributed by atoms with Crippen molar-refractivity contribution in [1.82, 2.24) is 14.9 Å². The Morgan fingerprint density at radius 3 is 3.04 bits per heavy atom. The van der Waals surface area contributed by atoms with Crippen LogP contribution < -0.4 is 10.5 Å². The number of rotatable bonds is 7. The van der Waals surface area contributed by atoms with Gasteiger partial charge in [-0.1, -0.05) is 12.2 Å². The third-order valence-electron chi connectivity index (χ3n) is 4.36. The van der Waals surface area contributed by atoms with Crippen LogP contribution in [0.3, 0.4) is 0 Å². The number of hydrogen-bond donors (Lipinski definition) is 2. The average Bonchev–Trinajstić information content (AvgIpc) is 3.04. The summed E-state index contributed by atoms with van der Waals surface area (Å²) in [5.74, 6) is 0.797. The van der Waals surface area contributed by atoms with E-state index in [1.165, 1.54) is 0 Å². The summed E-state index contributed by atoms with van der Waals surface area (Å²) in [6.45, 7) is 7.11. The van der Waals surface area contributed by atoms with Gasteiger partial charge in [0, 0.05) is 37.6 Å². The number of morpholine rings is 1. The first-order valence-electron chi connectivity index (χ1n) is 8.72. The van der Waals surface area contributed by atoms with Crippen LogP contribution in [0.1, 0.15) is 12.5 Å². The quantitative estimate of drug-likeness (QED) is 0.755. The topological polar surface area (TPSA) is 76.4 Å². The molecule has 0 radical (unpaired) electrons. The minimum absolute atomic E-state index is 0.652. The van der Waals surface area contributed by atoms with Gasteiger partial charge in [-0.25, -0.2) is 4.98 Å². The number of pyridine rings is 1. The number of allylic oxidation sites excluding steroid dienone is 3. The molecule has 1 aliphatic rings. The number of nitrogens with one attached hydrogen (secondary N) is 1. The molecule has 0 aromatic carbocycles. The fraction of sp³-hybridized carbons (Fsp3) is 0.421. The molecule has 0 atom stereocenters. The van der Waals surface area contributed by atoms with Crippen molar-refractivity contribution < 1.29 is 9.47 Å². The summed E-state index contributed by atoms with van der Waals surface area (Å²) >= 11 is 0. The predicted octanol–water partition coefficient (Wildman–Crippen LogP) is 2.24. The molecule has 0 aliphatic carbocycles. The standard InChI is InChI=1S/C19H26N4O2/c1-2-3-15(12-20)10-16-13-21-19-18(16)11-17(14-22-19)25-9-6-23-4-7-24-8-5-23/h2-3,11-14H,4-10,20H2,1H3,(H,21,22)/b3-2-,15-12+. The number of aromatic amines is 1. The molecule has 0 unspecified atom stereocenters. The lowest BCUT2D eigenvalue weighted by Crippen LogP contribution is -2.38. The molecule has 0 saturated carbocycles. The number of nitrogens with two attached hydrogens (primary N) is 1. The van der Waals surface area contributed by atoms with Gasteiger partial charge in [0.15, 0.2) is 0 Å². The monoisotopic (exact) mass is 342 g/mol. The van der Waals surface area contributed by atoms with E-state index in [4.69, 9.17) is 15.2 Å². The molecule has 0 bridgehead atoms. The van der Waals surface area contributed by atoms with Crippen LogP contribution in [0.5, 0.6) is 5.75 Å². The highest BCUT2D eigenvalue weighted by Crippen LogP contribution is 2.24. The fourth-order valence-corrected chi connectivity index (χ4v) is 2.99. The van der Waals surface area contributed by atoms with Crippen LogP contribution in [0.2, 0.25) is 0 Å². The Balaban J connectivity index is 1.65. The van der Waals surface area contributed by atoms with Crippen molar-refractivity contribution in [2.24, 2.45) is 5.73 Å². The Bertz CT molecular complexity index is 745. The third-order valence-corrected chi connectivity index (χ3v) is 4.36. The Morgan fingerprint density at radius 2 is 2.28 bits per heavy atom. The van der Waals surface area contributed by atoms with E-state index in [2.05, 4.69) is 20.9 Å². The molecular weight excluding hydrogens is 316 g/mol. The molecule has 1 fully saturated rings. The molecule has 3 rings (SSSR count). The Morgan fingerprint density at radius 1 is 1.44 bits per heavy atom. The van der Waals surface area contributed by atoms with Gasteiger partial charge in [-0.2, -0.15) is 0 Å². The van der Waals surface area contributed by atoms with E-state index in [9.17, 15) is 0 Å². The summed E-state index contributed by atoms with van der Waals surface area (Å²) in [5, 5.41) is 1.08. The molecule has 1 aliphatic heterocycles. The van der Waals surface area contributed by atoms with Gasteiger partial charge in [-0.15, -0.1) is 0 Å². The van der Waals surface area contributed by atoms with E-state index in [1.54, 1.807) is 12.4 Å². The molecule has 0 amide bonds. The lowest BCUT2D eigenvalue weighted by Gasteiger charge is -2.26. The number of ether oxygens (including phenoxy) is 2. The molecule has 2 aromatic rings. The highest BCUT2D eigenvalue weighted by molar-refractivity contribution is 5.81. The Labute approximate surface area is 148 Å². The number of fused-ring (bicyclic) bond motifs is 1. The second kappa shape index (κ2) is 8.69. The zero-order valence-corrected chi connectivity index (χ0v) is 14.7. The first kappa shape index (κ1) is 17.5. The Hall–Kier alpha value is -2.31.